The van der Waals surface area contributed by atoms with E-state index in [9.17, 15) is 0 Å². The lowest BCUT2D eigenvalue weighted by atomic mass is 10.0. The minimum Gasteiger partial charge on any atom is -0.342 e. The van der Waals surface area contributed by atoms with E-state index in [0.29, 0.717) is 24.2 Å². The van der Waals surface area contributed by atoms with Gasteiger partial charge in [0.15, 0.2) is 0 Å². The van der Waals surface area contributed by atoms with Gasteiger partial charge in [0.25, 0.3) is 0 Å². The van der Waals surface area contributed by atoms with Crippen LogP contribution in [0.3, 0.4) is 0 Å². The summed E-state index contributed by atoms with van der Waals surface area (Å²) in [7, 11) is 0. The second-order valence-corrected chi connectivity index (χ2v) is 6.73. The number of hydrogen-bond donors (Lipinski definition) is 0. The Labute approximate surface area is 160 Å². The normalized spacial score (nSPS) is 19.4. The standard InChI is InChI=1S/C22H22ClNO2/c1-2-3-4-5-18-15-25-22(26-16-18)13-7-17-6-12-21(24-14-17)19-8-10-20(23)11-9-19/h2,6,8-12,14,18,22H,1,3-5,15-16H2/t18-,22-. The van der Waals surface area contributed by atoms with Crippen molar-refractivity contribution in [3.63, 3.8) is 0 Å². The number of allylic oxidation sites excluding steroid dienone is 1. The second-order valence-electron chi connectivity index (χ2n) is 6.29. The molecule has 2 aromatic rings. The molecule has 3 rings (SSSR count). The van der Waals surface area contributed by atoms with Gasteiger partial charge in [-0.15, -0.1) is 6.58 Å². The van der Waals surface area contributed by atoms with Gasteiger partial charge in [-0.3, -0.25) is 4.98 Å². The number of benzene rings is 1. The van der Waals surface area contributed by atoms with Crippen LogP contribution in [0.15, 0.2) is 55.3 Å². The lowest BCUT2D eigenvalue weighted by molar-refractivity contribution is -0.170. The zero-order valence-corrected chi connectivity index (χ0v) is 15.4. The van der Waals surface area contributed by atoms with Crippen LogP contribution in [-0.4, -0.2) is 24.5 Å². The topological polar surface area (TPSA) is 31.4 Å². The number of nitrogens with zero attached hydrogens (tertiary/aromatic N) is 1. The number of halogens is 1. The van der Waals surface area contributed by atoms with Gasteiger partial charge in [0.1, 0.15) is 0 Å². The first-order chi connectivity index (χ1) is 12.7. The van der Waals surface area contributed by atoms with Crippen molar-refractivity contribution in [1.29, 1.82) is 0 Å². The van der Waals surface area contributed by atoms with Crippen LogP contribution in [0.2, 0.25) is 5.02 Å². The van der Waals surface area contributed by atoms with Gasteiger partial charge in [0.05, 0.1) is 18.9 Å². The smallest absolute Gasteiger partial charge is 0.222 e. The quantitative estimate of drug-likeness (QED) is 0.418. The van der Waals surface area contributed by atoms with Crippen molar-refractivity contribution in [1.82, 2.24) is 4.98 Å². The van der Waals surface area contributed by atoms with Gasteiger partial charge in [0.2, 0.25) is 6.29 Å². The zero-order chi connectivity index (χ0) is 18.2. The van der Waals surface area contributed by atoms with E-state index in [1.54, 1.807) is 6.20 Å². The van der Waals surface area contributed by atoms with Gasteiger partial charge >= 0.3 is 0 Å². The Morgan fingerprint density at radius 1 is 1.15 bits per heavy atom. The zero-order valence-electron chi connectivity index (χ0n) is 14.7. The first-order valence-electron chi connectivity index (χ1n) is 8.82. The Bertz CT molecular complexity index is 767. The fraction of sp³-hybridized carbons (Fsp3) is 0.318. The van der Waals surface area contributed by atoms with Crippen LogP contribution >= 0.6 is 11.6 Å². The van der Waals surface area contributed by atoms with Crippen molar-refractivity contribution in [2.75, 3.05) is 13.2 Å². The Kier molecular flexibility index (Phi) is 6.85. The third kappa shape index (κ3) is 5.44. The summed E-state index contributed by atoms with van der Waals surface area (Å²) in [5.74, 6) is 6.55. The molecule has 1 fully saturated rings. The van der Waals surface area contributed by atoms with Gasteiger partial charge in [0, 0.05) is 28.3 Å². The molecule has 0 saturated carbocycles. The van der Waals surface area contributed by atoms with Crippen molar-refractivity contribution in [3.8, 4) is 23.1 Å². The predicted molar refractivity (Wildman–Crippen MR) is 105 cm³/mol. The van der Waals surface area contributed by atoms with Crippen LogP contribution < -0.4 is 0 Å². The molecule has 134 valence electrons. The molecule has 0 N–H and O–H groups in total. The molecule has 1 saturated heterocycles. The summed E-state index contributed by atoms with van der Waals surface area (Å²) >= 11 is 5.91. The Hall–Kier alpha value is -2.12. The third-order valence-corrected chi connectivity index (χ3v) is 4.48. The molecule has 0 aliphatic carbocycles. The van der Waals surface area contributed by atoms with E-state index < -0.39 is 6.29 Å². The maximum Gasteiger partial charge on any atom is 0.222 e. The van der Waals surface area contributed by atoms with Gasteiger partial charge in [-0.2, -0.15) is 0 Å². The molecule has 0 radical (unpaired) electrons. The largest absolute Gasteiger partial charge is 0.342 e. The molecule has 1 aromatic carbocycles. The molecular formula is C22H22ClNO2. The number of hydrogen-bond acceptors (Lipinski definition) is 3. The van der Waals surface area contributed by atoms with E-state index in [1.807, 2.05) is 42.5 Å². The molecular weight excluding hydrogens is 346 g/mol. The Morgan fingerprint density at radius 3 is 2.58 bits per heavy atom. The highest BCUT2D eigenvalue weighted by atomic mass is 35.5. The van der Waals surface area contributed by atoms with E-state index >= 15 is 0 Å². The van der Waals surface area contributed by atoms with Crippen LogP contribution in [0.4, 0.5) is 0 Å². The lowest BCUT2D eigenvalue weighted by Crippen LogP contribution is -2.31. The van der Waals surface area contributed by atoms with Crippen LogP contribution in [0.1, 0.15) is 24.8 Å². The van der Waals surface area contributed by atoms with Crippen molar-refractivity contribution in [3.05, 3.63) is 65.8 Å². The predicted octanol–water partition coefficient (Wildman–Crippen LogP) is 5.10. The van der Waals surface area contributed by atoms with Crippen LogP contribution in [0.25, 0.3) is 11.3 Å². The highest BCUT2D eigenvalue weighted by Gasteiger charge is 2.20. The maximum atomic E-state index is 5.91. The van der Waals surface area contributed by atoms with Crippen molar-refractivity contribution in [2.24, 2.45) is 5.92 Å². The summed E-state index contributed by atoms with van der Waals surface area (Å²) in [6, 6.07) is 11.5. The van der Waals surface area contributed by atoms with E-state index in [0.717, 1.165) is 36.1 Å². The Balaban J connectivity index is 1.52. The Morgan fingerprint density at radius 2 is 1.92 bits per heavy atom. The molecule has 1 aromatic heterocycles. The van der Waals surface area contributed by atoms with Crippen molar-refractivity contribution in [2.45, 2.75) is 25.6 Å². The molecule has 0 atom stereocenters. The fourth-order valence-electron chi connectivity index (χ4n) is 2.75. The molecule has 1 aliphatic heterocycles. The summed E-state index contributed by atoms with van der Waals surface area (Å²) in [4.78, 5) is 4.46. The molecule has 0 unspecified atom stereocenters. The van der Waals surface area contributed by atoms with E-state index in [2.05, 4.69) is 23.4 Å². The number of ether oxygens (including phenoxy) is 2. The minimum absolute atomic E-state index is 0.452. The lowest BCUT2D eigenvalue weighted by Gasteiger charge is -2.26. The summed E-state index contributed by atoms with van der Waals surface area (Å²) < 4.78 is 11.4. The highest BCUT2D eigenvalue weighted by molar-refractivity contribution is 6.30. The summed E-state index contributed by atoms with van der Waals surface area (Å²) in [6.45, 7) is 5.14. The molecule has 26 heavy (non-hydrogen) atoms. The van der Waals surface area contributed by atoms with Crippen molar-refractivity contribution >= 4 is 11.6 Å². The van der Waals surface area contributed by atoms with Gasteiger partial charge in [-0.05, 0) is 49.4 Å². The van der Waals surface area contributed by atoms with Crippen molar-refractivity contribution < 1.29 is 9.47 Å². The number of rotatable bonds is 5. The van der Waals surface area contributed by atoms with Gasteiger partial charge < -0.3 is 9.47 Å². The third-order valence-electron chi connectivity index (χ3n) is 4.23. The highest BCUT2D eigenvalue weighted by Crippen LogP contribution is 2.20. The molecule has 0 bridgehead atoms. The fourth-order valence-corrected chi connectivity index (χ4v) is 2.87. The van der Waals surface area contributed by atoms with Crippen LogP contribution in [0.5, 0.6) is 0 Å². The average molecular weight is 368 g/mol. The van der Waals surface area contributed by atoms with E-state index in [4.69, 9.17) is 21.1 Å². The molecule has 1 aliphatic rings. The summed E-state index contributed by atoms with van der Waals surface area (Å²) in [5, 5.41) is 0.715. The van der Waals surface area contributed by atoms with Gasteiger partial charge in [-0.25, -0.2) is 0 Å². The molecule has 0 amide bonds. The number of aromatic nitrogens is 1. The monoisotopic (exact) mass is 367 g/mol. The molecule has 2 heterocycles. The SMILES string of the molecule is C=CCCC[C@H]1CO[C@H](C#Cc2ccc(-c3ccc(Cl)cc3)nc2)OC1. The second kappa shape index (κ2) is 9.54. The van der Waals surface area contributed by atoms with E-state index in [1.165, 1.54) is 0 Å². The molecule has 4 heteroatoms. The summed E-state index contributed by atoms with van der Waals surface area (Å²) in [6.07, 6.45) is 6.52. The average Bonchev–Trinajstić information content (AvgIpc) is 2.69. The molecule has 3 nitrogen and oxygen atoms in total. The minimum atomic E-state index is -0.457. The van der Waals surface area contributed by atoms with Gasteiger partial charge in [-0.1, -0.05) is 35.7 Å². The molecule has 0 spiro atoms. The summed E-state index contributed by atoms with van der Waals surface area (Å²) in [5.41, 5.74) is 2.75. The first kappa shape index (κ1) is 18.7. The van der Waals surface area contributed by atoms with E-state index in [-0.39, 0.29) is 0 Å². The first-order valence-corrected chi connectivity index (χ1v) is 9.20. The number of unbranched alkanes of at least 4 members (excludes halogenated alkanes) is 1. The maximum absolute atomic E-state index is 5.91. The van der Waals surface area contributed by atoms with Crippen LogP contribution in [-0.2, 0) is 9.47 Å². The van der Waals surface area contributed by atoms with Crippen LogP contribution in [0, 0.1) is 17.8 Å². The number of pyridine rings is 1.